The van der Waals surface area contributed by atoms with Crippen molar-refractivity contribution in [2.45, 2.75) is 37.8 Å². The largest absolute Gasteiger partial charge is 0.394 e. The van der Waals surface area contributed by atoms with Crippen molar-refractivity contribution in [2.24, 2.45) is 16.5 Å². The van der Waals surface area contributed by atoms with Crippen molar-refractivity contribution in [3.8, 4) is 0 Å². The quantitative estimate of drug-likeness (QED) is 0.355. The van der Waals surface area contributed by atoms with Crippen LogP contribution in [0.4, 0.5) is 0 Å². The van der Waals surface area contributed by atoms with Crippen molar-refractivity contribution in [3.63, 3.8) is 0 Å². The van der Waals surface area contributed by atoms with Gasteiger partial charge in [-0.3, -0.25) is 9.11 Å². The van der Waals surface area contributed by atoms with Gasteiger partial charge in [-0.1, -0.05) is 43.2 Å². The Morgan fingerprint density at radius 3 is 2.17 bits per heavy atom. The van der Waals surface area contributed by atoms with Crippen LogP contribution in [0, 0.1) is 0 Å². The molecule has 0 aromatic heterocycles. The molecule has 0 heterocycles. The van der Waals surface area contributed by atoms with Gasteiger partial charge in [-0.2, -0.15) is 8.42 Å². The molecule has 1 aromatic carbocycles. The first kappa shape index (κ1) is 19.4. The lowest BCUT2D eigenvalue weighted by Gasteiger charge is -2.24. The highest BCUT2D eigenvalue weighted by atomic mass is 32.3. The van der Waals surface area contributed by atoms with Gasteiger partial charge in [-0.15, -0.1) is 0 Å². The van der Waals surface area contributed by atoms with Crippen LogP contribution < -0.4 is 11.5 Å². The molecule has 0 bridgehead atoms. The van der Waals surface area contributed by atoms with E-state index in [4.69, 9.17) is 33.7 Å². The summed E-state index contributed by atoms with van der Waals surface area (Å²) < 4.78 is 37.4. The highest BCUT2D eigenvalue weighted by molar-refractivity contribution is 7.79. The number of rotatable bonds is 5. The van der Waals surface area contributed by atoms with E-state index in [9.17, 15) is 0 Å². The second-order valence-corrected chi connectivity index (χ2v) is 6.29. The molecule has 0 atom stereocenters. The lowest BCUT2D eigenvalue weighted by atomic mass is 10.00. The Bertz CT molecular complexity index is 586. The number of hydrogen-bond acceptors (Lipinski definition) is 4. The van der Waals surface area contributed by atoms with Gasteiger partial charge < -0.3 is 16.2 Å². The number of aliphatic imine (C=N–C) groups is 1. The van der Waals surface area contributed by atoms with Gasteiger partial charge in [0.1, 0.15) is 0 Å². The zero-order chi connectivity index (χ0) is 17.3. The van der Waals surface area contributed by atoms with E-state index in [2.05, 4.69) is 17.1 Å². The third-order valence-corrected chi connectivity index (χ3v) is 3.38. The molecule has 0 saturated heterocycles. The molecular formula is C14H23N3O5S. The molecule has 1 fully saturated rings. The summed E-state index contributed by atoms with van der Waals surface area (Å²) in [7, 11) is -4.67. The van der Waals surface area contributed by atoms with Crippen LogP contribution in [0.5, 0.6) is 0 Å². The van der Waals surface area contributed by atoms with Crippen LogP contribution >= 0.6 is 0 Å². The predicted octanol–water partition coefficient (Wildman–Crippen LogP) is 1.14. The molecule has 130 valence electrons. The highest BCUT2D eigenvalue weighted by Gasteiger charge is 2.33. The van der Waals surface area contributed by atoms with Gasteiger partial charge >= 0.3 is 10.4 Å². The van der Waals surface area contributed by atoms with E-state index in [-0.39, 0.29) is 11.5 Å². The van der Waals surface area contributed by atoms with Gasteiger partial charge in [0, 0.05) is 0 Å². The lowest BCUT2D eigenvalue weighted by molar-refractivity contribution is 0.0759. The molecule has 0 spiro atoms. The molecule has 0 aliphatic heterocycles. The summed E-state index contributed by atoms with van der Waals surface area (Å²) in [5.41, 5.74) is 12.0. The van der Waals surface area contributed by atoms with Crippen LogP contribution in [0.1, 0.15) is 31.2 Å². The van der Waals surface area contributed by atoms with Crippen molar-refractivity contribution >= 4 is 16.4 Å². The molecule has 9 heteroatoms. The Hall–Kier alpha value is -1.68. The number of hydrogen-bond donors (Lipinski definition) is 4. The summed E-state index contributed by atoms with van der Waals surface area (Å²) >= 11 is 0. The summed E-state index contributed by atoms with van der Waals surface area (Å²) in [6.45, 7) is 1.21. The standard InChI is InChI=1S/C14H21N3O.H2O4S/c15-13(16)17-14(8-4-5-9-14)11-18-10-12-6-2-1-3-7-12;1-5(2,3)4/h1-3,6-7H,4-5,8-11H2,(H4,15,16,17);(H2,1,2,3,4). The van der Waals surface area contributed by atoms with Crippen LogP contribution in [0.2, 0.25) is 0 Å². The topological polar surface area (TPSA) is 148 Å². The maximum absolute atomic E-state index is 8.74. The summed E-state index contributed by atoms with van der Waals surface area (Å²) in [5, 5.41) is 0. The fourth-order valence-electron chi connectivity index (χ4n) is 2.53. The van der Waals surface area contributed by atoms with Crippen LogP contribution in [-0.4, -0.2) is 35.6 Å². The van der Waals surface area contributed by atoms with E-state index < -0.39 is 10.4 Å². The van der Waals surface area contributed by atoms with E-state index in [1.165, 1.54) is 18.4 Å². The zero-order valence-corrected chi connectivity index (χ0v) is 13.6. The SMILES string of the molecule is NC(N)=NC1(COCc2ccccc2)CCCC1.O=S(=O)(O)O. The van der Waals surface area contributed by atoms with Gasteiger partial charge in [0.05, 0.1) is 18.8 Å². The molecule has 6 N–H and O–H groups in total. The average Bonchev–Trinajstić information content (AvgIpc) is 2.86. The lowest BCUT2D eigenvalue weighted by Crippen LogP contribution is -2.35. The molecule has 0 unspecified atom stereocenters. The minimum Gasteiger partial charge on any atom is -0.374 e. The molecule has 0 amide bonds. The molecule has 1 aromatic rings. The van der Waals surface area contributed by atoms with Crippen LogP contribution in [0.3, 0.4) is 0 Å². The fraction of sp³-hybridized carbons (Fsp3) is 0.500. The third kappa shape index (κ3) is 9.14. The fourth-order valence-corrected chi connectivity index (χ4v) is 2.53. The molecule has 2 rings (SSSR count). The number of guanidine groups is 1. The molecule has 1 aliphatic rings. The zero-order valence-electron chi connectivity index (χ0n) is 12.8. The number of nitrogens with zero attached hydrogens (tertiary/aromatic N) is 1. The summed E-state index contributed by atoms with van der Waals surface area (Å²) in [6.07, 6.45) is 4.37. The van der Waals surface area contributed by atoms with E-state index in [0.717, 1.165) is 12.8 Å². The molecule has 1 saturated carbocycles. The predicted molar refractivity (Wildman–Crippen MR) is 87.3 cm³/mol. The van der Waals surface area contributed by atoms with Gasteiger partial charge in [-0.05, 0) is 18.4 Å². The van der Waals surface area contributed by atoms with Crippen molar-refractivity contribution in [1.29, 1.82) is 0 Å². The van der Waals surface area contributed by atoms with Gasteiger partial charge in [0.15, 0.2) is 5.96 Å². The van der Waals surface area contributed by atoms with Gasteiger partial charge in [-0.25, -0.2) is 4.99 Å². The van der Waals surface area contributed by atoms with Crippen LogP contribution in [0.25, 0.3) is 0 Å². The minimum atomic E-state index is -4.67. The Balaban J connectivity index is 0.000000463. The second kappa shape index (κ2) is 8.82. The summed E-state index contributed by atoms with van der Waals surface area (Å²) in [6, 6.07) is 10.1. The smallest absolute Gasteiger partial charge is 0.374 e. The van der Waals surface area contributed by atoms with Crippen LogP contribution in [-0.2, 0) is 21.7 Å². The molecule has 1 aliphatic carbocycles. The van der Waals surface area contributed by atoms with E-state index >= 15 is 0 Å². The average molecular weight is 345 g/mol. The molecular weight excluding hydrogens is 322 g/mol. The van der Waals surface area contributed by atoms with Gasteiger partial charge in [0.2, 0.25) is 0 Å². The first-order valence-electron chi connectivity index (χ1n) is 7.13. The van der Waals surface area contributed by atoms with E-state index in [0.29, 0.717) is 13.2 Å². The highest BCUT2D eigenvalue weighted by Crippen LogP contribution is 2.33. The summed E-state index contributed by atoms with van der Waals surface area (Å²) in [4.78, 5) is 4.39. The van der Waals surface area contributed by atoms with Crippen molar-refractivity contribution in [1.82, 2.24) is 0 Å². The minimum absolute atomic E-state index is 0.167. The Morgan fingerprint density at radius 2 is 1.70 bits per heavy atom. The Labute approximate surface area is 136 Å². The second-order valence-electron chi connectivity index (χ2n) is 5.39. The van der Waals surface area contributed by atoms with Crippen molar-refractivity contribution in [2.75, 3.05) is 6.61 Å². The van der Waals surface area contributed by atoms with E-state index in [1.807, 2.05) is 18.2 Å². The van der Waals surface area contributed by atoms with Crippen molar-refractivity contribution < 1.29 is 22.3 Å². The van der Waals surface area contributed by atoms with E-state index in [1.54, 1.807) is 0 Å². The number of ether oxygens (including phenoxy) is 1. The Morgan fingerprint density at radius 1 is 1.17 bits per heavy atom. The number of nitrogens with two attached hydrogens (primary N) is 2. The third-order valence-electron chi connectivity index (χ3n) is 3.38. The van der Waals surface area contributed by atoms with Crippen molar-refractivity contribution in [3.05, 3.63) is 35.9 Å². The normalized spacial score (nSPS) is 16.3. The maximum Gasteiger partial charge on any atom is 0.394 e. The monoisotopic (exact) mass is 345 g/mol. The first-order valence-corrected chi connectivity index (χ1v) is 8.52. The first-order chi connectivity index (χ1) is 10.7. The van der Waals surface area contributed by atoms with Gasteiger partial charge in [0.25, 0.3) is 0 Å². The summed E-state index contributed by atoms with van der Waals surface area (Å²) in [5.74, 6) is 0.167. The molecule has 23 heavy (non-hydrogen) atoms. The molecule has 0 radical (unpaired) electrons. The molecule has 8 nitrogen and oxygen atoms in total. The Kier molecular flexibility index (Phi) is 7.43. The number of benzene rings is 1. The van der Waals surface area contributed by atoms with Crippen LogP contribution in [0.15, 0.2) is 35.3 Å². The maximum atomic E-state index is 8.74.